The van der Waals surface area contributed by atoms with Crippen LogP contribution in [0.4, 0.5) is 0 Å². The molecule has 4 aromatic rings. The lowest BCUT2D eigenvalue weighted by Crippen LogP contribution is -2.42. The fraction of sp³-hybridized carbons (Fsp3) is 0.462. The Hall–Kier alpha value is -3.20. The van der Waals surface area contributed by atoms with Crippen LogP contribution in [0.2, 0.25) is 0 Å². The second-order valence-corrected chi connectivity index (χ2v) is 10.8. The average molecular weight is 494 g/mol. The molecule has 1 aromatic carbocycles. The van der Waals surface area contributed by atoms with Gasteiger partial charge in [0.25, 0.3) is 5.56 Å². The molecule has 0 atom stereocenters. The summed E-state index contributed by atoms with van der Waals surface area (Å²) < 4.78 is 4.81. The van der Waals surface area contributed by atoms with Crippen molar-refractivity contribution < 1.29 is 4.79 Å². The molecule has 0 N–H and O–H groups in total. The van der Waals surface area contributed by atoms with E-state index in [2.05, 4.69) is 43.2 Å². The van der Waals surface area contributed by atoms with Gasteiger partial charge in [-0.25, -0.2) is 13.9 Å². The number of nitrogens with zero attached hydrogens (tertiary/aromatic N) is 5. The largest absolute Gasteiger partial charge is 0.352 e. The number of aryl methyl sites for hydroxylation is 1. The summed E-state index contributed by atoms with van der Waals surface area (Å²) in [5.41, 5.74) is 1.37. The van der Waals surface area contributed by atoms with Crippen LogP contribution >= 0.6 is 11.3 Å². The van der Waals surface area contributed by atoms with Crippen molar-refractivity contribution >= 4 is 33.2 Å². The van der Waals surface area contributed by atoms with Crippen LogP contribution in [0.25, 0.3) is 16.0 Å². The molecule has 0 aliphatic carbocycles. The number of thiophene rings is 1. The molecule has 0 spiro atoms. The summed E-state index contributed by atoms with van der Waals surface area (Å²) in [5, 5.41) is 6.29. The number of carbonyl (C=O) groups excluding carboxylic acids is 1. The minimum Gasteiger partial charge on any atom is -0.341 e. The van der Waals surface area contributed by atoms with E-state index in [1.165, 1.54) is 26.0 Å². The van der Waals surface area contributed by atoms with Gasteiger partial charge in [0.15, 0.2) is 0 Å². The third-order valence-electron chi connectivity index (χ3n) is 6.94. The number of amides is 1. The van der Waals surface area contributed by atoms with Crippen molar-refractivity contribution in [3.8, 4) is 0 Å². The monoisotopic (exact) mass is 493 g/mol. The second kappa shape index (κ2) is 9.81. The van der Waals surface area contributed by atoms with E-state index in [9.17, 15) is 14.4 Å². The number of likely N-dealkylation sites (tertiary alicyclic amines) is 1. The van der Waals surface area contributed by atoms with E-state index >= 15 is 0 Å². The van der Waals surface area contributed by atoms with Gasteiger partial charge in [-0.05, 0) is 54.5 Å². The van der Waals surface area contributed by atoms with Gasteiger partial charge in [0.1, 0.15) is 11.2 Å². The highest BCUT2D eigenvalue weighted by molar-refractivity contribution is 7.17. The number of carbonyl (C=O) groups is 1. The molecular formula is C26H31N5O3S. The van der Waals surface area contributed by atoms with Gasteiger partial charge in [-0.1, -0.05) is 44.2 Å². The Labute approximate surface area is 207 Å². The van der Waals surface area contributed by atoms with E-state index in [0.29, 0.717) is 47.5 Å². The zero-order valence-electron chi connectivity index (χ0n) is 20.2. The van der Waals surface area contributed by atoms with Crippen LogP contribution < -0.4 is 11.2 Å². The molecule has 184 valence electrons. The van der Waals surface area contributed by atoms with Crippen LogP contribution in [0.1, 0.15) is 38.7 Å². The number of piperidine rings is 1. The van der Waals surface area contributed by atoms with Gasteiger partial charge in [-0.15, -0.1) is 16.4 Å². The van der Waals surface area contributed by atoms with Crippen molar-refractivity contribution in [2.45, 2.75) is 52.6 Å². The minimum atomic E-state index is -0.381. The molecule has 4 heterocycles. The summed E-state index contributed by atoms with van der Waals surface area (Å²) in [6.45, 7) is 5.93. The first-order valence-electron chi connectivity index (χ1n) is 12.3. The van der Waals surface area contributed by atoms with Crippen LogP contribution in [0.3, 0.4) is 0 Å². The summed E-state index contributed by atoms with van der Waals surface area (Å²) in [7, 11) is 0. The first-order valence-corrected chi connectivity index (χ1v) is 13.2. The summed E-state index contributed by atoms with van der Waals surface area (Å²) >= 11 is 1.33. The molecule has 5 rings (SSSR count). The molecule has 0 bridgehead atoms. The van der Waals surface area contributed by atoms with Crippen molar-refractivity contribution in [3.63, 3.8) is 0 Å². The lowest BCUT2D eigenvalue weighted by molar-refractivity contribution is -0.133. The van der Waals surface area contributed by atoms with Gasteiger partial charge in [0.05, 0.1) is 5.52 Å². The lowest BCUT2D eigenvalue weighted by Gasteiger charge is -2.32. The van der Waals surface area contributed by atoms with Crippen LogP contribution in [-0.4, -0.2) is 42.6 Å². The SMILES string of the molecule is CC(C)CCn1c(=O)c2sccc2n2c(=O)n(CC(=O)N3CCC(Cc4ccccc4)CC3)nc12. The van der Waals surface area contributed by atoms with E-state index in [4.69, 9.17) is 0 Å². The van der Waals surface area contributed by atoms with E-state index in [1.807, 2.05) is 16.3 Å². The highest BCUT2D eigenvalue weighted by atomic mass is 32.1. The predicted molar refractivity (Wildman–Crippen MR) is 138 cm³/mol. The van der Waals surface area contributed by atoms with Gasteiger partial charge in [0.2, 0.25) is 11.7 Å². The third kappa shape index (κ3) is 4.69. The molecule has 9 heteroatoms. The number of hydrogen-bond acceptors (Lipinski definition) is 5. The fourth-order valence-electron chi connectivity index (χ4n) is 4.89. The molecule has 0 saturated carbocycles. The molecule has 35 heavy (non-hydrogen) atoms. The van der Waals surface area contributed by atoms with Crippen LogP contribution in [0.5, 0.6) is 0 Å². The molecule has 3 aromatic heterocycles. The van der Waals surface area contributed by atoms with E-state index in [0.717, 1.165) is 25.7 Å². The first kappa shape index (κ1) is 23.5. The molecule has 1 fully saturated rings. The molecule has 1 aliphatic heterocycles. The Kier molecular flexibility index (Phi) is 6.60. The molecular weight excluding hydrogens is 462 g/mol. The maximum absolute atomic E-state index is 13.3. The second-order valence-electron chi connectivity index (χ2n) is 9.86. The molecule has 1 amide bonds. The molecule has 1 aliphatic rings. The van der Waals surface area contributed by atoms with Crippen molar-refractivity contribution in [1.29, 1.82) is 0 Å². The normalized spacial score (nSPS) is 15.0. The molecule has 8 nitrogen and oxygen atoms in total. The maximum atomic E-state index is 13.3. The smallest absolute Gasteiger partial charge is 0.341 e. The summed E-state index contributed by atoms with van der Waals surface area (Å²) in [4.78, 5) is 41.3. The van der Waals surface area contributed by atoms with E-state index in [-0.39, 0.29) is 23.7 Å². The van der Waals surface area contributed by atoms with Gasteiger partial charge >= 0.3 is 5.69 Å². The van der Waals surface area contributed by atoms with Crippen LogP contribution in [0, 0.1) is 11.8 Å². The van der Waals surface area contributed by atoms with Crippen molar-refractivity contribution in [2.75, 3.05) is 13.1 Å². The third-order valence-corrected chi connectivity index (χ3v) is 7.83. The Bertz CT molecular complexity index is 1460. The Morgan fingerprint density at radius 3 is 2.57 bits per heavy atom. The lowest BCUT2D eigenvalue weighted by atomic mass is 9.90. The van der Waals surface area contributed by atoms with Crippen molar-refractivity contribution in [2.24, 2.45) is 11.8 Å². The quantitative estimate of drug-likeness (QED) is 0.395. The maximum Gasteiger partial charge on any atom is 0.352 e. The number of fused-ring (bicyclic) bond motifs is 3. The Morgan fingerprint density at radius 2 is 1.86 bits per heavy atom. The Balaban J connectivity index is 1.35. The molecule has 0 radical (unpaired) electrons. The van der Waals surface area contributed by atoms with Crippen LogP contribution in [-0.2, 0) is 24.3 Å². The zero-order valence-corrected chi connectivity index (χ0v) is 21.0. The molecule has 0 unspecified atom stereocenters. The summed E-state index contributed by atoms with van der Waals surface area (Å²) in [6, 6.07) is 12.2. The number of benzene rings is 1. The van der Waals surface area contributed by atoms with Crippen molar-refractivity contribution in [3.05, 3.63) is 68.2 Å². The highest BCUT2D eigenvalue weighted by Gasteiger charge is 2.25. The molecule has 1 saturated heterocycles. The Morgan fingerprint density at radius 1 is 1.11 bits per heavy atom. The fourth-order valence-corrected chi connectivity index (χ4v) is 5.71. The topological polar surface area (TPSA) is 81.6 Å². The minimum absolute atomic E-state index is 0.105. The van der Waals surface area contributed by atoms with Gasteiger partial charge in [-0.2, -0.15) is 0 Å². The van der Waals surface area contributed by atoms with E-state index < -0.39 is 0 Å². The predicted octanol–water partition coefficient (Wildman–Crippen LogP) is 3.40. The zero-order chi connectivity index (χ0) is 24.5. The summed E-state index contributed by atoms with van der Waals surface area (Å²) in [5.74, 6) is 1.16. The van der Waals surface area contributed by atoms with Gasteiger partial charge in [-0.3, -0.25) is 14.2 Å². The first-order chi connectivity index (χ1) is 16.9. The highest BCUT2D eigenvalue weighted by Crippen LogP contribution is 2.22. The standard InChI is InChI=1S/C26H31N5O3S/c1-18(2)8-14-29-24(33)23-21(11-15-35-23)31-25(29)27-30(26(31)34)17-22(32)28-12-9-20(10-13-28)16-19-6-4-3-5-7-19/h3-7,11,15,18,20H,8-10,12-14,16-17H2,1-2H3. The van der Waals surface area contributed by atoms with Crippen molar-refractivity contribution in [1.82, 2.24) is 23.6 Å². The van der Waals surface area contributed by atoms with E-state index in [1.54, 1.807) is 10.6 Å². The average Bonchev–Trinajstić information content (AvgIpc) is 3.45. The van der Waals surface area contributed by atoms with Gasteiger partial charge in [0, 0.05) is 19.6 Å². The van der Waals surface area contributed by atoms with Gasteiger partial charge < -0.3 is 4.90 Å². The summed E-state index contributed by atoms with van der Waals surface area (Å²) in [6.07, 6.45) is 3.72. The number of aromatic nitrogens is 4. The number of rotatable bonds is 7. The van der Waals surface area contributed by atoms with Crippen LogP contribution in [0.15, 0.2) is 51.4 Å². The number of hydrogen-bond donors (Lipinski definition) is 0.